The molecule has 0 N–H and O–H groups in total. The average Bonchev–Trinajstić information content (AvgIpc) is 3.39. The molecule has 5 aromatic carbocycles. The Morgan fingerprint density at radius 1 is 0.591 bits per heavy atom. The van der Waals surface area contributed by atoms with Gasteiger partial charge in [0, 0.05) is 34.1 Å². The lowest BCUT2D eigenvalue weighted by molar-refractivity contribution is 0.555. The van der Waals surface area contributed by atoms with E-state index >= 15 is 0 Å². The summed E-state index contributed by atoms with van der Waals surface area (Å²) in [6, 6.07) is 42.6. The molecule has 0 atom stereocenters. The minimum Gasteiger partial charge on any atom is -0.422 e. The Labute approximate surface area is 254 Å². The molecule has 0 bridgehead atoms. The van der Waals surface area contributed by atoms with Crippen LogP contribution in [0.1, 0.15) is 28.2 Å². The molecule has 8 rings (SSSR count). The van der Waals surface area contributed by atoms with Gasteiger partial charge in [0.1, 0.15) is 5.58 Å². The highest BCUT2D eigenvalue weighted by molar-refractivity contribution is 5.96. The zero-order valence-electron chi connectivity index (χ0n) is 24.1. The first-order chi connectivity index (χ1) is 21.6. The lowest BCUT2D eigenvalue weighted by atomic mass is 9.88. The molecule has 0 unspecified atom stereocenters. The van der Waals surface area contributed by atoms with Gasteiger partial charge >= 0.3 is 5.63 Å². The molecular formula is C39H27N3O2. The summed E-state index contributed by atoms with van der Waals surface area (Å²) in [5, 5.41) is 0.839. The maximum atomic E-state index is 13.2. The third-order valence-electron chi connectivity index (χ3n) is 8.51. The van der Waals surface area contributed by atoms with E-state index in [0.29, 0.717) is 35.0 Å². The maximum Gasteiger partial charge on any atom is 0.336 e. The topological polar surface area (TPSA) is 68.9 Å². The van der Waals surface area contributed by atoms with Gasteiger partial charge in [0.15, 0.2) is 17.5 Å². The van der Waals surface area contributed by atoms with E-state index in [-0.39, 0.29) is 5.92 Å². The van der Waals surface area contributed by atoms with Crippen molar-refractivity contribution >= 4 is 11.0 Å². The van der Waals surface area contributed by atoms with E-state index in [0.717, 1.165) is 27.6 Å². The van der Waals surface area contributed by atoms with Gasteiger partial charge in [-0.05, 0) is 46.7 Å². The van der Waals surface area contributed by atoms with Gasteiger partial charge in [-0.15, -0.1) is 0 Å². The Morgan fingerprint density at radius 3 is 1.70 bits per heavy atom. The van der Waals surface area contributed by atoms with Crippen LogP contribution in [0.4, 0.5) is 0 Å². The molecule has 210 valence electrons. The molecule has 1 aliphatic carbocycles. The van der Waals surface area contributed by atoms with Crippen LogP contribution in [0.25, 0.3) is 56.3 Å². The third kappa shape index (κ3) is 4.41. The van der Waals surface area contributed by atoms with E-state index < -0.39 is 5.63 Å². The maximum absolute atomic E-state index is 13.2. The van der Waals surface area contributed by atoms with Crippen molar-refractivity contribution in [2.24, 2.45) is 0 Å². The Kier molecular flexibility index (Phi) is 6.23. The normalized spacial score (nSPS) is 12.3. The molecule has 7 aromatic rings. The third-order valence-corrected chi connectivity index (χ3v) is 8.51. The van der Waals surface area contributed by atoms with Crippen LogP contribution >= 0.6 is 0 Å². The van der Waals surface area contributed by atoms with Crippen molar-refractivity contribution in [2.75, 3.05) is 0 Å². The van der Waals surface area contributed by atoms with Crippen molar-refractivity contribution in [1.82, 2.24) is 15.0 Å². The number of fused-ring (bicyclic) bond motifs is 4. The van der Waals surface area contributed by atoms with Crippen LogP contribution in [0.2, 0.25) is 0 Å². The largest absolute Gasteiger partial charge is 0.422 e. The van der Waals surface area contributed by atoms with Gasteiger partial charge in [-0.1, -0.05) is 121 Å². The minimum atomic E-state index is -0.436. The summed E-state index contributed by atoms with van der Waals surface area (Å²) in [4.78, 5) is 27.9. The first-order valence-electron chi connectivity index (χ1n) is 14.8. The lowest BCUT2D eigenvalue weighted by Crippen LogP contribution is -2.07. The predicted molar refractivity (Wildman–Crippen MR) is 174 cm³/mol. The van der Waals surface area contributed by atoms with Gasteiger partial charge < -0.3 is 4.42 Å². The molecule has 5 nitrogen and oxygen atoms in total. The summed E-state index contributed by atoms with van der Waals surface area (Å²) in [5.74, 6) is 1.67. The first kappa shape index (κ1) is 26.0. The molecule has 0 saturated heterocycles. The molecule has 0 aliphatic heterocycles. The smallest absolute Gasteiger partial charge is 0.336 e. The minimum absolute atomic E-state index is 0.147. The van der Waals surface area contributed by atoms with Crippen LogP contribution in [0.5, 0.6) is 0 Å². The quantitative estimate of drug-likeness (QED) is 0.194. The second kappa shape index (κ2) is 10.5. The zero-order chi connectivity index (χ0) is 29.6. The molecule has 0 fully saturated rings. The molecule has 44 heavy (non-hydrogen) atoms. The zero-order valence-corrected chi connectivity index (χ0v) is 24.1. The van der Waals surface area contributed by atoms with Gasteiger partial charge in [0.25, 0.3) is 0 Å². The van der Waals surface area contributed by atoms with Crippen LogP contribution in [-0.4, -0.2) is 15.0 Å². The van der Waals surface area contributed by atoms with Crippen molar-refractivity contribution in [3.05, 3.63) is 160 Å². The molecule has 2 heterocycles. The Balaban J connectivity index is 1.32. The van der Waals surface area contributed by atoms with Crippen LogP contribution in [0.15, 0.2) is 137 Å². The summed E-state index contributed by atoms with van der Waals surface area (Å²) in [5.41, 5.74) is 9.59. The SMILES string of the molecule is Cc1ccc(CC2c3ccccc3-c3ccccc32)c2oc(=O)cc(-c3nc(-c4ccccc4)nc(-c4ccccc4)n3)c12. The molecule has 5 heteroatoms. The average molecular weight is 570 g/mol. The molecule has 0 amide bonds. The van der Waals surface area contributed by atoms with E-state index in [9.17, 15) is 4.79 Å². The number of hydrogen-bond donors (Lipinski definition) is 0. The summed E-state index contributed by atoms with van der Waals surface area (Å²) >= 11 is 0. The van der Waals surface area contributed by atoms with E-state index in [1.165, 1.54) is 28.3 Å². The first-order valence-corrected chi connectivity index (χ1v) is 14.8. The Hall–Kier alpha value is -5.68. The van der Waals surface area contributed by atoms with Crippen molar-refractivity contribution in [2.45, 2.75) is 19.3 Å². The Bertz CT molecular complexity index is 2140. The number of aromatic nitrogens is 3. The van der Waals surface area contributed by atoms with Crippen molar-refractivity contribution in [3.8, 4) is 45.3 Å². The van der Waals surface area contributed by atoms with Gasteiger partial charge in [0.2, 0.25) is 0 Å². The predicted octanol–water partition coefficient (Wildman–Crippen LogP) is 8.64. The van der Waals surface area contributed by atoms with Crippen molar-refractivity contribution < 1.29 is 4.42 Å². The monoisotopic (exact) mass is 569 g/mol. The standard InChI is InChI=1S/C39H27N3O2/c1-24-20-21-27(22-32-30-18-10-8-16-28(30)29-17-9-11-19-31(29)32)36-35(24)33(23-34(43)44-36)39-41-37(25-12-4-2-5-13-25)40-38(42-39)26-14-6-3-7-15-26/h2-21,23,32H,22H2,1H3. The number of aryl methyl sites for hydroxylation is 1. The van der Waals surface area contributed by atoms with Crippen molar-refractivity contribution in [1.29, 1.82) is 0 Å². The van der Waals surface area contributed by atoms with Crippen LogP contribution in [0.3, 0.4) is 0 Å². The Morgan fingerprint density at radius 2 is 1.11 bits per heavy atom. The number of hydrogen-bond acceptors (Lipinski definition) is 5. The number of nitrogens with zero attached hydrogens (tertiary/aromatic N) is 3. The van der Waals surface area contributed by atoms with Gasteiger partial charge in [0.05, 0.1) is 0 Å². The highest BCUT2D eigenvalue weighted by Crippen LogP contribution is 2.46. The van der Waals surface area contributed by atoms with Crippen LogP contribution in [0, 0.1) is 6.92 Å². The summed E-state index contributed by atoms with van der Waals surface area (Å²) in [6.45, 7) is 2.03. The molecule has 0 saturated carbocycles. The molecular weight excluding hydrogens is 542 g/mol. The molecule has 0 radical (unpaired) electrons. The van der Waals surface area contributed by atoms with Gasteiger partial charge in [-0.3, -0.25) is 0 Å². The van der Waals surface area contributed by atoms with E-state index in [1.807, 2.05) is 67.6 Å². The van der Waals surface area contributed by atoms with Gasteiger partial charge in [-0.25, -0.2) is 19.7 Å². The van der Waals surface area contributed by atoms with E-state index in [2.05, 4.69) is 60.7 Å². The second-order valence-corrected chi connectivity index (χ2v) is 11.2. The fourth-order valence-electron chi connectivity index (χ4n) is 6.46. The highest BCUT2D eigenvalue weighted by Gasteiger charge is 2.29. The molecule has 1 aliphatic rings. The summed E-state index contributed by atoms with van der Waals surface area (Å²) in [6.07, 6.45) is 0.693. The molecule has 2 aromatic heterocycles. The van der Waals surface area contributed by atoms with Crippen LogP contribution in [-0.2, 0) is 6.42 Å². The van der Waals surface area contributed by atoms with Gasteiger partial charge in [-0.2, -0.15) is 0 Å². The van der Waals surface area contributed by atoms with Crippen LogP contribution < -0.4 is 5.63 Å². The second-order valence-electron chi connectivity index (χ2n) is 11.2. The van der Waals surface area contributed by atoms with E-state index in [1.54, 1.807) is 0 Å². The summed E-state index contributed by atoms with van der Waals surface area (Å²) in [7, 11) is 0. The molecule has 0 spiro atoms. The number of benzene rings is 5. The lowest BCUT2D eigenvalue weighted by Gasteiger charge is -2.17. The highest BCUT2D eigenvalue weighted by atomic mass is 16.4. The van der Waals surface area contributed by atoms with Crippen molar-refractivity contribution in [3.63, 3.8) is 0 Å². The fraction of sp³-hybridized carbons (Fsp3) is 0.0769. The fourth-order valence-corrected chi connectivity index (χ4v) is 6.46. The number of rotatable bonds is 5. The summed E-state index contributed by atoms with van der Waals surface area (Å²) < 4.78 is 6.03. The van der Waals surface area contributed by atoms with E-state index in [4.69, 9.17) is 19.4 Å².